The van der Waals surface area contributed by atoms with Gasteiger partial charge in [-0.05, 0) is 18.7 Å². The summed E-state index contributed by atoms with van der Waals surface area (Å²) >= 11 is 1.93. The molecule has 3 rings (SSSR count). The normalized spacial score (nSPS) is 23.6. The van der Waals surface area contributed by atoms with Gasteiger partial charge < -0.3 is 14.8 Å². The summed E-state index contributed by atoms with van der Waals surface area (Å²) in [4.78, 5) is 7.59. The number of thioether (sulfide) groups is 1. The van der Waals surface area contributed by atoms with E-state index in [2.05, 4.69) is 27.4 Å². The van der Waals surface area contributed by atoms with Crippen LogP contribution in [0.1, 0.15) is 18.7 Å². The molecule has 2 aromatic heterocycles. The highest BCUT2D eigenvalue weighted by molar-refractivity contribution is 7.99. The zero-order valence-electron chi connectivity index (χ0n) is 10.2. The molecule has 1 saturated heterocycles. The molecule has 0 saturated carbocycles. The molecule has 0 radical (unpaired) electrons. The second-order valence-electron chi connectivity index (χ2n) is 4.35. The highest BCUT2D eigenvalue weighted by Crippen LogP contribution is 2.32. The molecule has 96 valence electrons. The largest absolute Gasteiger partial charge is 0.359 e. The average molecular weight is 264 g/mol. The van der Waals surface area contributed by atoms with E-state index in [0.717, 1.165) is 29.6 Å². The lowest BCUT2D eigenvalue weighted by Crippen LogP contribution is -2.34. The van der Waals surface area contributed by atoms with Gasteiger partial charge in [0.05, 0.1) is 11.6 Å². The van der Waals surface area contributed by atoms with Crippen LogP contribution >= 0.6 is 11.8 Å². The van der Waals surface area contributed by atoms with Crippen LogP contribution in [0.4, 0.5) is 0 Å². The minimum absolute atomic E-state index is 0.325. The topological polar surface area (TPSA) is 66.7 Å². The fraction of sp³-hybridized carbons (Fsp3) is 0.500. The third-order valence-corrected chi connectivity index (χ3v) is 4.33. The van der Waals surface area contributed by atoms with Crippen molar-refractivity contribution in [3.63, 3.8) is 0 Å². The van der Waals surface area contributed by atoms with Gasteiger partial charge in [-0.3, -0.25) is 0 Å². The summed E-state index contributed by atoms with van der Waals surface area (Å²) in [5.41, 5.74) is 0.899. The van der Waals surface area contributed by atoms with E-state index in [9.17, 15) is 0 Å². The van der Waals surface area contributed by atoms with Crippen LogP contribution in [-0.2, 0) is 0 Å². The zero-order chi connectivity index (χ0) is 12.4. The van der Waals surface area contributed by atoms with Crippen LogP contribution in [0.3, 0.4) is 0 Å². The molecule has 0 amide bonds. The predicted octanol–water partition coefficient (Wildman–Crippen LogP) is 1.87. The highest BCUT2D eigenvalue weighted by Gasteiger charge is 2.33. The van der Waals surface area contributed by atoms with Gasteiger partial charge in [-0.15, -0.1) is 0 Å². The standard InChI is InChI=1S/C12H16N4OS/c1-2-13-10-7-18-6-8(10)12-15-11(16-17-12)9-4-3-5-14-9/h3-5,8,10,13-14H,2,6-7H2,1H3. The Morgan fingerprint density at radius 1 is 1.56 bits per heavy atom. The molecule has 2 unspecified atom stereocenters. The summed E-state index contributed by atoms with van der Waals surface area (Å²) < 4.78 is 5.41. The molecule has 1 fully saturated rings. The Kier molecular flexibility index (Phi) is 3.38. The Morgan fingerprint density at radius 3 is 3.28 bits per heavy atom. The number of hydrogen-bond acceptors (Lipinski definition) is 5. The van der Waals surface area contributed by atoms with Crippen molar-refractivity contribution >= 4 is 11.8 Å². The first-order valence-electron chi connectivity index (χ1n) is 6.17. The molecule has 0 aliphatic carbocycles. The number of rotatable bonds is 4. The van der Waals surface area contributed by atoms with E-state index in [4.69, 9.17) is 4.52 Å². The Hall–Kier alpha value is -1.27. The fourth-order valence-corrected chi connectivity index (χ4v) is 3.59. The SMILES string of the molecule is CCNC1CSCC1c1nc(-c2ccc[nH]2)no1. The van der Waals surface area contributed by atoms with Crippen LogP contribution in [-0.4, -0.2) is 39.2 Å². The highest BCUT2D eigenvalue weighted by atomic mass is 32.2. The van der Waals surface area contributed by atoms with E-state index < -0.39 is 0 Å². The monoisotopic (exact) mass is 264 g/mol. The second kappa shape index (κ2) is 5.16. The third-order valence-electron chi connectivity index (χ3n) is 3.14. The number of H-pyrrole nitrogens is 1. The van der Waals surface area contributed by atoms with Gasteiger partial charge in [-0.25, -0.2) is 0 Å². The Labute approximate surface area is 110 Å². The molecule has 1 aliphatic rings. The summed E-state index contributed by atoms with van der Waals surface area (Å²) in [6, 6.07) is 4.31. The zero-order valence-corrected chi connectivity index (χ0v) is 11.0. The molecule has 0 aromatic carbocycles. The Balaban J connectivity index is 1.80. The van der Waals surface area contributed by atoms with E-state index in [1.165, 1.54) is 0 Å². The quantitative estimate of drug-likeness (QED) is 0.882. The first-order valence-corrected chi connectivity index (χ1v) is 7.32. The lowest BCUT2D eigenvalue weighted by Gasteiger charge is -2.15. The van der Waals surface area contributed by atoms with Crippen LogP contribution in [0.15, 0.2) is 22.9 Å². The summed E-state index contributed by atoms with van der Waals surface area (Å²) in [7, 11) is 0. The maximum absolute atomic E-state index is 5.41. The molecule has 2 aromatic rings. The van der Waals surface area contributed by atoms with Crippen molar-refractivity contribution in [3.05, 3.63) is 24.2 Å². The second-order valence-corrected chi connectivity index (χ2v) is 5.42. The molecule has 2 atom stereocenters. The molecule has 1 aliphatic heterocycles. The van der Waals surface area contributed by atoms with Crippen LogP contribution in [0.2, 0.25) is 0 Å². The molecule has 3 heterocycles. The van der Waals surface area contributed by atoms with Crippen LogP contribution in [0.5, 0.6) is 0 Å². The molecule has 0 spiro atoms. The van der Waals surface area contributed by atoms with Gasteiger partial charge in [0.1, 0.15) is 0 Å². The van der Waals surface area contributed by atoms with Gasteiger partial charge in [0, 0.05) is 23.7 Å². The van der Waals surface area contributed by atoms with Crippen molar-refractivity contribution in [1.82, 2.24) is 20.4 Å². The maximum atomic E-state index is 5.41. The van der Waals surface area contributed by atoms with Gasteiger partial charge in [-0.2, -0.15) is 16.7 Å². The van der Waals surface area contributed by atoms with Crippen molar-refractivity contribution in [1.29, 1.82) is 0 Å². The van der Waals surface area contributed by atoms with Crippen molar-refractivity contribution in [2.45, 2.75) is 18.9 Å². The summed E-state index contributed by atoms with van der Waals surface area (Å²) in [5.74, 6) is 3.87. The van der Waals surface area contributed by atoms with Crippen LogP contribution < -0.4 is 5.32 Å². The Morgan fingerprint density at radius 2 is 2.50 bits per heavy atom. The van der Waals surface area contributed by atoms with Gasteiger partial charge in [-0.1, -0.05) is 12.1 Å². The number of nitrogens with zero attached hydrogens (tertiary/aromatic N) is 2. The number of aromatic nitrogens is 3. The first kappa shape index (κ1) is 11.8. The van der Waals surface area contributed by atoms with E-state index >= 15 is 0 Å². The summed E-state index contributed by atoms with van der Waals surface area (Å²) in [6.45, 7) is 3.09. The number of hydrogen-bond donors (Lipinski definition) is 2. The minimum atomic E-state index is 0.325. The maximum Gasteiger partial charge on any atom is 0.232 e. The predicted molar refractivity (Wildman–Crippen MR) is 71.6 cm³/mol. The minimum Gasteiger partial charge on any atom is -0.359 e. The van der Waals surface area contributed by atoms with E-state index in [1.54, 1.807) is 0 Å². The number of likely N-dealkylation sites (N-methyl/N-ethyl adjacent to an activating group) is 1. The van der Waals surface area contributed by atoms with Crippen molar-refractivity contribution in [2.24, 2.45) is 0 Å². The van der Waals surface area contributed by atoms with Gasteiger partial charge in [0.25, 0.3) is 0 Å². The molecule has 18 heavy (non-hydrogen) atoms. The molecular formula is C12H16N4OS. The molecule has 5 nitrogen and oxygen atoms in total. The van der Waals surface area contributed by atoms with E-state index in [1.807, 2.05) is 30.1 Å². The van der Waals surface area contributed by atoms with Crippen LogP contribution in [0.25, 0.3) is 11.5 Å². The van der Waals surface area contributed by atoms with Crippen molar-refractivity contribution in [2.75, 3.05) is 18.1 Å². The number of aromatic amines is 1. The lowest BCUT2D eigenvalue weighted by atomic mass is 10.0. The van der Waals surface area contributed by atoms with E-state index in [0.29, 0.717) is 17.8 Å². The van der Waals surface area contributed by atoms with Crippen LogP contribution in [0, 0.1) is 0 Å². The molecular weight excluding hydrogens is 248 g/mol. The average Bonchev–Trinajstić information content (AvgIpc) is 3.10. The number of nitrogens with one attached hydrogen (secondary N) is 2. The molecule has 6 heteroatoms. The Bertz CT molecular complexity index is 496. The van der Waals surface area contributed by atoms with Gasteiger partial charge in [0.15, 0.2) is 0 Å². The van der Waals surface area contributed by atoms with Gasteiger partial charge >= 0.3 is 0 Å². The van der Waals surface area contributed by atoms with E-state index in [-0.39, 0.29) is 0 Å². The smallest absolute Gasteiger partial charge is 0.232 e. The summed E-state index contributed by atoms with van der Waals surface area (Å²) in [5, 5.41) is 7.52. The molecule has 2 N–H and O–H groups in total. The third kappa shape index (κ3) is 2.18. The lowest BCUT2D eigenvalue weighted by molar-refractivity contribution is 0.340. The fourth-order valence-electron chi connectivity index (χ4n) is 2.23. The van der Waals surface area contributed by atoms with Crippen molar-refractivity contribution < 1.29 is 4.52 Å². The molecule has 0 bridgehead atoms. The summed E-state index contributed by atoms with van der Waals surface area (Å²) in [6.07, 6.45) is 1.86. The van der Waals surface area contributed by atoms with Crippen molar-refractivity contribution in [3.8, 4) is 11.5 Å². The first-order chi connectivity index (χ1) is 8.88. The van der Waals surface area contributed by atoms with Gasteiger partial charge in [0.2, 0.25) is 11.7 Å².